The first kappa shape index (κ1) is 20.4. The summed E-state index contributed by atoms with van der Waals surface area (Å²) in [6.45, 7) is 2.04. The Morgan fingerprint density at radius 1 is 1.17 bits per heavy atom. The first-order valence-corrected chi connectivity index (χ1v) is 9.39. The Balaban J connectivity index is 2.29. The molecule has 0 aliphatic carbocycles. The molecule has 2 N–H and O–H groups in total. The molecule has 134 valence electrons. The molecule has 0 atom stereocenters. The van der Waals surface area contributed by atoms with Crippen molar-refractivity contribution in [2.75, 3.05) is 19.7 Å². The summed E-state index contributed by atoms with van der Waals surface area (Å²) in [5.74, 6) is -1.03. The highest BCUT2D eigenvalue weighted by Gasteiger charge is 2.14. The summed E-state index contributed by atoms with van der Waals surface area (Å²) < 4.78 is 31.0. The van der Waals surface area contributed by atoms with E-state index in [2.05, 4.69) is 10.0 Å². The molecule has 1 aromatic carbocycles. The highest BCUT2D eigenvalue weighted by atomic mass is 35.5. The van der Waals surface area contributed by atoms with E-state index in [1.807, 2.05) is 6.92 Å². The van der Waals surface area contributed by atoms with E-state index in [9.17, 15) is 18.0 Å². The summed E-state index contributed by atoms with van der Waals surface area (Å²) in [6, 6.07) is 5.65. The van der Waals surface area contributed by atoms with E-state index in [1.165, 1.54) is 24.3 Å². The molecule has 24 heavy (non-hydrogen) atoms. The molecule has 0 aromatic heterocycles. The summed E-state index contributed by atoms with van der Waals surface area (Å²) in [5, 5.41) is 3.03. The first-order chi connectivity index (χ1) is 11.3. The van der Waals surface area contributed by atoms with Gasteiger partial charge in [-0.3, -0.25) is 9.59 Å². The Morgan fingerprint density at radius 2 is 1.83 bits per heavy atom. The van der Waals surface area contributed by atoms with Gasteiger partial charge in [0.15, 0.2) is 6.61 Å². The average molecular weight is 377 g/mol. The Hall–Kier alpha value is -1.64. The summed E-state index contributed by atoms with van der Waals surface area (Å²) in [6.07, 6.45) is 1.63. The SMILES string of the molecule is CCCCNC(=O)COC(=O)CCNS(=O)(=O)c1ccc(Cl)cc1. The van der Waals surface area contributed by atoms with Gasteiger partial charge in [0.2, 0.25) is 10.0 Å². The van der Waals surface area contributed by atoms with Crippen LogP contribution in [-0.4, -0.2) is 40.0 Å². The van der Waals surface area contributed by atoms with Crippen LogP contribution in [0.4, 0.5) is 0 Å². The smallest absolute Gasteiger partial charge is 0.307 e. The van der Waals surface area contributed by atoms with Gasteiger partial charge in [-0.25, -0.2) is 13.1 Å². The second-order valence-corrected chi connectivity index (χ2v) is 7.17. The molecule has 0 spiro atoms. The molecule has 7 nitrogen and oxygen atoms in total. The van der Waals surface area contributed by atoms with Crippen LogP contribution in [0.1, 0.15) is 26.2 Å². The van der Waals surface area contributed by atoms with Crippen molar-refractivity contribution in [2.24, 2.45) is 0 Å². The van der Waals surface area contributed by atoms with E-state index in [0.29, 0.717) is 11.6 Å². The number of halogens is 1. The van der Waals surface area contributed by atoms with E-state index in [-0.39, 0.29) is 30.4 Å². The van der Waals surface area contributed by atoms with Crippen molar-refractivity contribution in [3.05, 3.63) is 29.3 Å². The lowest BCUT2D eigenvalue weighted by molar-refractivity contribution is -0.148. The zero-order valence-electron chi connectivity index (χ0n) is 13.4. The maximum absolute atomic E-state index is 12.0. The van der Waals surface area contributed by atoms with Gasteiger partial charge < -0.3 is 10.1 Å². The molecule has 0 saturated heterocycles. The van der Waals surface area contributed by atoms with Gasteiger partial charge in [-0.15, -0.1) is 0 Å². The van der Waals surface area contributed by atoms with Crippen LogP contribution in [-0.2, 0) is 24.3 Å². The molecule has 0 saturated carbocycles. The molecule has 0 aliphatic rings. The van der Waals surface area contributed by atoms with Crippen molar-refractivity contribution in [2.45, 2.75) is 31.1 Å². The van der Waals surface area contributed by atoms with Crippen LogP contribution in [0, 0.1) is 0 Å². The number of carbonyl (C=O) groups is 2. The van der Waals surface area contributed by atoms with Gasteiger partial charge in [-0.2, -0.15) is 0 Å². The van der Waals surface area contributed by atoms with E-state index >= 15 is 0 Å². The minimum absolute atomic E-state index is 0.0515. The fraction of sp³-hybridized carbons (Fsp3) is 0.467. The second kappa shape index (κ2) is 10.3. The number of ether oxygens (including phenoxy) is 1. The van der Waals surface area contributed by atoms with Crippen molar-refractivity contribution in [3.8, 4) is 0 Å². The second-order valence-electron chi connectivity index (χ2n) is 4.97. The van der Waals surface area contributed by atoms with E-state index < -0.39 is 16.0 Å². The molecule has 1 aromatic rings. The van der Waals surface area contributed by atoms with Gasteiger partial charge in [-0.1, -0.05) is 24.9 Å². The van der Waals surface area contributed by atoms with Crippen LogP contribution in [0.15, 0.2) is 29.2 Å². The number of sulfonamides is 1. The van der Waals surface area contributed by atoms with Crippen LogP contribution in [0.2, 0.25) is 5.02 Å². The zero-order chi connectivity index (χ0) is 18.0. The van der Waals surface area contributed by atoms with Crippen LogP contribution in [0.5, 0.6) is 0 Å². The van der Waals surface area contributed by atoms with E-state index in [0.717, 1.165) is 12.8 Å². The molecule has 0 aliphatic heterocycles. The van der Waals surface area contributed by atoms with Crippen molar-refractivity contribution < 1.29 is 22.7 Å². The topological polar surface area (TPSA) is 102 Å². The minimum Gasteiger partial charge on any atom is -0.456 e. The van der Waals surface area contributed by atoms with Gasteiger partial charge >= 0.3 is 5.97 Å². The fourth-order valence-corrected chi connectivity index (χ4v) is 2.82. The predicted molar refractivity (Wildman–Crippen MR) is 90.1 cm³/mol. The Bertz CT molecular complexity index is 646. The number of amides is 1. The Kier molecular flexibility index (Phi) is 8.73. The molecule has 0 fully saturated rings. The number of hydrogen-bond donors (Lipinski definition) is 2. The van der Waals surface area contributed by atoms with E-state index in [1.54, 1.807) is 0 Å². The van der Waals surface area contributed by atoms with Crippen molar-refractivity contribution >= 4 is 33.5 Å². The lowest BCUT2D eigenvalue weighted by atomic mass is 10.3. The van der Waals surface area contributed by atoms with E-state index in [4.69, 9.17) is 16.3 Å². The highest BCUT2D eigenvalue weighted by molar-refractivity contribution is 7.89. The Morgan fingerprint density at radius 3 is 2.46 bits per heavy atom. The third-order valence-electron chi connectivity index (χ3n) is 2.96. The largest absolute Gasteiger partial charge is 0.456 e. The molecular formula is C15H21ClN2O5S. The minimum atomic E-state index is -3.71. The summed E-state index contributed by atoms with van der Waals surface area (Å²) in [5.41, 5.74) is 0. The van der Waals surface area contributed by atoms with Gasteiger partial charge in [0.05, 0.1) is 11.3 Å². The van der Waals surface area contributed by atoms with Crippen LogP contribution >= 0.6 is 11.6 Å². The average Bonchev–Trinajstić information content (AvgIpc) is 2.53. The van der Waals surface area contributed by atoms with Gasteiger partial charge in [0, 0.05) is 18.1 Å². The van der Waals surface area contributed by atoms with Crippen LogP contribution in [0.3, 0.4) is 0 Å². The molecular weight excluding hydrogens is 356 g/mol. The first-order valence-electron chi connectivity index (χ1n) is 7.52. The molecule has 0 radical (unpaired) electrons. The normalized spacial score (nSPS) is 11.1. The third kappa shape index (κ3) is 7.76. The highest BCUT2D eigenvalue weighted by Crippen LogP contribution is 2.13. The number of esters is 1. The third-order valence-corrected chi connectivity index (χ3v) is 4.69. The number of benzene rings is 1. The quantitative estimate of drug-likeness (QED) is 0.475. The van der Waals surface area contributed by atoms with Crippen molar-refractivity contribution in [1.82, 2.24) is 10.0 Å². The predicted octanol–water partition coefficient (Wildman–Crippen LogP) is 1.47. The summed E-state index contributed by atoms with van der Waals surface area (Å²) in [4.78, 5) is 22.9. The van der Waals surface area contributed by atoms with Crippen LogP contribution in [0.25, 0.3) is 0 Å². The zero-order valence-corrected chi connectivity index (χ0v) is 15.0. The number of rotatable bonds is 10. The maximum atomic E-state index is 12.0. The van der Waals surface area contributed by atoms with Crippen molar-refractivity contribution in [1.29, 1.82) is 0 Å². The van der Waals surface area contributed by atoms with Gasteiger partial charge in [0.1, 0.15) is 0 Å². The molecule has 1 rings (SSSR count). The van der Waals surface area contributed by atoms with Gasteiger partial charge in [0.25, 0.3) is 5.91 Å². The number of hydrogen-bond acceptors (Lipinski definition) is 5. The number of carbonyl (C=O) groups excluding carboxylic acids is 2. The molecule has 1 amide bonds. The number of nitrogens with one attached hydrogen (secondary N) is 2. The molecule has 0 bridgehead atoms. The van der Waals surface area contributed by atoms with Crippen molar-refractivity contribution in [3.63, 3.8) is 0 Å². The molecule has 0 heterocycles. The van der Waals surface area contributed by atoms with Crippen LogP contribution < -0.4 is 10.0 Å². The Labute approximate surface area is 146 Å². The standard InChI is InChI=1S/C15H21ClN2O5S/c1-2-3-9-17-14(19)11-23-15(20)8-10-18-24(21,22)13-6-4-12(16)5-7-13/h4-7,18H,2-3,8-11H2,1H3,(H,17,19). The summed E-state index contributed by atoms with van der Waals surface area (Å²) >= 11 is 5.70. The van der Waals surface area contributed by atoms with Gasteiger partial charge in [-0.05, 0) is 30.7 Å². The lowest BCUT2D eigenvalue weighted by Gasteiger charge is -2.08. The lowest BCUT2D eigenvalue weighted by Crippen LogP contribution is -2.31. The fourth-order valence-electron chi connectivity index (χ4n) is 1.66. The maximum Gasteiger partial charge on any atom is 0.307 e. The molecule has 9 heteroatoms. The summed E-state index contributed by atoms with van der Waals surface area (Å²) in [7, 11) is -3.71. The monoisotopic (exact) mass is 376 g/mol. The number of unbranched alkanes of at least 4 members (excludes halogenated alkanes) is 1. The molecule has 0 unspecified atom stereocenters.